The van der Waals surface area contributed by atoms with E-state index >= 15 is 0 Å². The number of halogens is 3. The predicted molar refractivity (Wildman–Crippen MR) is 54.4 cm³/mol. The zero-order valence-corrected chi connectivity index (χ0v) is 9.50. The number of amides is 2. The van der Waals surface area contributed by atoms with Crippen molar-refractivity contribution in [2.75, 3.05) is 32.8 Å². The number of morpholine rings is 1. The van der Waals surface area contributed by atoms with Gasteiger partial charge in [0.05, 0.1) is 19.8 Å². The number of hydrogen-bond donors (Lipinski definition) is 2. The van der Waals surface area contributed by atoms with Crippen molar-refractivity contribution >= 4 is 11.8 Å². The Morgan fingerprint density at radius 2 is 2.11 bits per heavy atom. The molecule has 1 aliphatic rings. The molecule has 0 aliphatic carbocycles. The maximum atomic E-state index is 11.9. The van der Waals surface area contributed by atoms with Gasteiger partial charge in [-0.2, -0.15) is 13.2 Å². The fourth-order valence-electron chi connectivity index (χ4n) is 1.53. The number of rotatable bonds is 4. The van der Waals surface area contributed by atoms with E-state index in [-0.39, 0.29) is 19.7 Å². The van der Waals surface area contributed by atoms with E-state index in [0.717, 1.165) is 0 Å². The molecule has 18 heavy (non-hydrogen) atoms. The summed E-state index contributed by atoms with van der Waals surface area (Å²) in [4.78, 5) is 23.7. The molecule has 1 fully saturated rings. The zero-order valence-electron chi connectivity index (χ0n) is 9.50. The van der Waals surface area contributed by atoms with Crippen molar-refractivity contribution < 1.29 is 27.5 Å². The summed E-state index contributed by atoms with van der Waals surface area (Å²) < 4.78 is 40.6. The van der Waals surface area contributed by atoms with Gasteiger partial charge in [0.2, 0.25) is 11.8 Å². The number of carbonyl (C=O) groups excluding carboxylic acids is 2. The van der Waals surface area contributed by atoms with Crippen molar-refractivity contribution in [3.8, 4) is 0 Å². The minimum atomic E-state index is -4.45. The molecule has 1 aliphatic heterocycles. The molecule has 1 unspecified atom stereocenters. The van der Waals surface area contributed by atoms with Crippen molar-refractivity contribution in [2.24, 2.45) is 5.73 Å². The van der Waals surface area contributed by atoms with Crippen LogP contribution in [0.25, 0.3) is 0 Å². The van der Waals surface area contributed by atoms with E-state index < -0.39 is 30.6 Å². The van der Waals surface area contributed by atoms with Gasteiger partial charge < -0.3 is 15.8 Å². The van der Waals surface area contributed by atoms with Crippen LogP contribution in [0.2, 0.25) is 0 Å². The second-order valence-electron chi connectivity index (χ2n) is 3.86. The Morgan fingerprint density at radius 3 is 2.67 bits per heavy atom. The first-order chi connectivity index (χ1) is 8.29. The highest BCUT2D eigenvalue weighted by Gasteiger charge is 2.31. The average molecular weight is 269 g/mol. The molecule has 1 atom stereocenters. The second-order valence-corrected chi connectivity index (χ2v) is 3.86. The number of nitrogens with zero attached hydrogens (tertiary/aromatic N) is 1. The van der Waals surface area contributed by atoms with Crippen LogP contribution in [0.3, 0.4) is 0 Å². The highest BCUT2D eigenvalue weighted by Crippen LogP contribution is 2.12. The van der Waals surface area contributed by atoms with E-state index in [1.807, 2.05) is 0 Å². The van der Waals surface area contributed by atoms with Gasteiger partial charge in [-0.1, -0.05) is 0 Å². The van der Waals surface area contributed by atoms with Crippen LogP contribution in [-0.4, -0.2) is 61.8 Å². The largest absolute Gasteiger partial charge is 0.405 e. The highest BCUT2D eigenvalue weighted by molar-refractivity contribution is 5.82. The smallest absolute Gasteiger partial charge is 0.378 e. The molecule has 0 saturated carbocycles. The van der Waals surface area contributed by atoms with Gasteiger partial charge in [-0.15, -0.1) is 0 Å². The third-order valence-electron chi connectivity index (χ3n) is 2.40. The topological polar surface area (TPSA) is 84.7 Å². The lowest BCUT2D eigenvalue weighted by molar-refractivity contribution is -0.142. The highest BCUT2D eigenvalue weighted by atomic mass is 19.4. The molecule has 2 amide bonds. The summed E-state index contributed by atoms with van der Waals surface area (Å²) in [5, 5.41) is 1.73. The standard InChI is InChI=1S/C9H14F3N3O3/c10-9(11,12)5-14-7(16)3-15-1-2-18-4-6(15)8(13)17/h6H,1-5H2,(H2,13,17)(H,14,16). The van der Waals surface area contributed by atoms with Gasteiger partial charge in [0.1, 0.15) is 12.6 Å². The van der Waals surface area contributed by atoms with Crippen LogP contribution in [0.4, 0.5) is 13.2 Å². The van der Waals surface area contributed by atoms with E-state index in [2.05, 4.69) is 0 Å². The quantitative estimate of drug-likeness (QED) is 0.675. The van der Waals surface area contributed by atoms with E-state index in [1.165, 1.54) is 4.90 Å². The maximum absolute atomic E-state index is 11.9. The fourth-order valence-corrected chi connectivity index (χ4v) is 1.53. The minimum absolute atomic E-state index is 0.0435. The van der Waals surface area contributed by atoms with Crippen LogP contribution < -0.4 is 11.1 Å². The number of ether oxygens (including phenoxy) is 1. The first kappa shape index (κ1) is 14.7. The molecular formula is C9H14F3N3O3. The number of nitrogens with one attached hydrogen (secondary N) is 1. The fraction of sp³-hybridized carbons (Fsp3) is 0.778. The molecule has 9 heteroatoms. The minimum Gasteiger partial charge on any atom is -0.378 e. The molecule has 0 aromatic rings. The van der Waals surface area contributed by atoms with Gasteiger partial charge in [0, 0.05) is 6.54 Å². The summed E-state index contributed by atoms with van der Waals surface area (Å²) in [6, 6.07) is -0.782. The maximum Gasteiger partial charge on any atom is 0.405 e. The van der Waals surface area contributed by atoms with Crippen molar-refractivity contribution in [1.82, 2.24) is 10.2 Å². The normalized spacial score (nSPS) is 21.6. The molecule has 0 spiro atoms. The average Bonchev–Trinajstić information content (AvgIpc) is 2.26. The van der Waals surface area contributed by atoms with Gasteiger partial charge in [0.15, 0.2) is 0 Å². The Morgan fingerprint density at radius 1 is 1.44 bits per heavy atom. The number of nitrogens with two attached hydrogens (primary N) is 1. The summed E-state index contributed by atoms with van der Waals surface area (Å²) in [5.74, 6) is -1.47. The molecule has 3 N–H and O–H groups in total. The van der Waals surface area contributed by atoms with E-state index in [4.69, 9.17) is 10.5 Å². The lowest BCUT2D eigenvalue weighted by Crippen LogP contribution is -2.55. The number of carbonyl (C=O) groups is 2. The van der Waals surface area contributed by atoms with Gasteiger partial charge in [-0.3, -0.25) is 14.5 Å². The Hall–Kier alpha value is -1.35. The zero-order chi connectivity index (χ0) is 13.8. The summed E-state index contributed by atoms with van der Waals surface area (Å²) in [7, 11) is 0. The third kappa shape index (κ3) is 4.88. The first-order valence-electron chi connectivity index (χ1n) is 5.24. The molecule has 0 bridgehead atoms. The molecule has 0 aromatic carbocycles. The van der Waals surface area contributed by atoms with Gasteiger partial charge >= 0.3 is 6.18 Å². The molecule has 6 nitrogen and oxygen atoms in total. The molecule has 104 valence electrons. The molecule has 0 radical (unpaired) electrons. The second kappa shape index (κ2) is 6.01. The molecular weight excluding hydrogens is 255 g/mol. The Labute approximate surface area is 101 Å². The van der Waals surface area contributed by atoms with E-state index in [1.54, 1.807) is 5.32 Å². The van der Waals surface area contributed by atoms with Crippen molar-refractivity contribution in [3.05, 3.63) is 0 Å². The Balaban J connectivity index is 2.44. The number of hydrogen-bond acceptors (Lipinski definition) is 4. The van der Waals surface area contributed by atoms with Crippen LogP contribution >= 0.6 is 0 Å². The molecule has 1 heterocycles. The van der Waals surface area contributed by atoms with Crippen molar-refractivity contribution in [3.63, 3.8) is 0 Å². The summed E-state index contributed by atoms with van der Waals surface area (Å²) >= 11 is 0. The van der Waals surface area contributed by atoms with Gasteiger partial charge in [0.25, 0.3) is 0 Å². The first-order valence-corrected chi connectivity index (χ1v) is 5.24. The van der Waals surface area contributed by atoms with Crippen LogP contribution in [0.1, 0.15) is 0 Å². The van der Waals surface area contributed by atoms with Gasteiger partial charge in [-0.05, 0) is 0 Å². The Bertz CT molecular complexity index is 322. The van der Waals surface area contributed by atoms with E-state index in [9.17, 15) is 22.8 Å². The van der Waals surface area contributed by atoms with Crippen molar-refractivity contribution in [2.45, 2.75) is 12.2 Å². The van der Waals surface area contributed by atoms with Gasteiger partial charge in [-0.25, -0.2) is 0 Å². The Kier molecular flexibility index (Phi) is 4.91. The van der Waals surface area contributed by atoms with Crippen LogP contribution in [0, 0.1) is 0 Å². The van der Waals surface area contributed by atoms with Crippen LogP contribution in [0.15, 0.2) is 0 Å². The molecule has 1 rings (SSSR count). The monoisotopic (exact) mass is 269 g/mol. The summed E-state index contributed by atoms with van der Waals surface area (Å²) in [5.41, 5.74) is 5.10. The van der Waals surface area contributed by atoms with Crippen molar-refractivity contribution in [1.29, 1.82) is 0 Å². The van der Waals surface area contributed by atoms with Crippen LogP contribution in [-0.2, 0) is 14.3 Å². The van der Waals surface area contributed by atoms with Crippen LogP contribution in [0.5, 0.6) is 0 Å². The lowest BCUT2D eigenvalue weighted by atomic mass is 10.2. The number of primary amides is 1. The SMILES string of the molecule is NC(=O)C1COCCN1CC(=O)NCC(F)(F)F. The molecule has 0 aromatic heterocycles. The third-order valence-corrected chi connectivity index (χ3v) is 2.40. The number of alkyl halides is 3. The summed E-state index contributed by atoms with van der Waals surface area (Å²) in [6.07, 6.45) is -4.45. The lowest BCUT2D eigenvalue weighted by Gasteiger charge is -2.32. The predicted octanol–water partition coefficient (Wildman–Crippen LogP) is -1.15. The van der Waals surface area contributed by atoms with E-state index in [0.29, 0.717) is 6.61 Å². The summed E-state index contributed by atoms with van der Waals surface area (Å²) in [6.45, 7) is -1.09. The molecule has 1 saturated heterocycles.